The second-order valence-electron chi connectivity index (χ2n) is 4.09. The highest BCUT2D eigenvalue weighted by Crippen LogP contribution is 2.01. The van der Waals surface area contributed by atoms with Gasteiger partial charge in [0.2, 0.25) is 6.33 Å². The van der Waals surface area contributed by atoms with Gasteiger partial charge in [-0.15, -0.1) is 5.10 Å². The Morgan fingerprint density at radius 2 is 1.61 bits per heavy atom. The highest BCUT2D eigenvalue weighted by Gasteiger charge is 2.00. The Balaban J connectivity index is 1.82. The minimum absolute atomic E-state index is 0.785. The lowest BCUT2D eigenvalue weighted by Gasteiger charge is -2.00. The molecular weight excluding hydrogens is 222 g/mol. The van der Waals surface area contributed by atoms with E-state index in [1.54, 1.807) is 11.0 Å². The third kappa shape index (κ3) is 2.30. The second kappa shape index (κ2) is 4.84. The number of benzene rings is 2. The first-order valence-electron chi connectivity index (χ1n) is 5.88. The van der Waals surface area contributed by atoms with Crippen LogP contribution in [0.4, 0.5) is 0 Å². The Morgan fingerprint density at radius 1 is 0.944 bits per heavy atom. The van der Waals surface area contributed by atoms with E-state index in [4.69, 9.17) is 0 Å². The number of rotatable bonds is 3. The molecule has 3 rings (SSSR count). The van der Waals surface area contributed by atoms with Crippen molar-refractivity contribution in [2.75, 3.05) is 0 Å². The quantitative estimate of drug-likeness (QED) is 0.502. The Bertz CT molecular complexity index is 615. The summed E-state index contributed by atoms with van der Waals surface area (Å²) in [5.41, 5.74) is 2.26. The maximum absolute atomic E-state index is 4.31. The van der Waals surface area contributed by atoms with Crippen molar-refractivity contribution in [3.63, 3.8) is 0 Å². The molecule has 0 saturated carbocycles. The first kappa shape index (κ1) is 10.7. The van der Waals surface area contributed by atoms with Gasteiger partial charge in [-0.25, -0.2) is 4.68 Å². The highest BCUT2D eigenvalue weighted by molar-refractivity contribution is 5.20. The number of hydrogen-bond acceptors (Lipinski definition) is 1. The summed E-state index contributed by atoms with van der Waals surface area (Å²) in [6, 6.07) is 20.3. The van der Waals surface area contributed by atoms with Crippen LogP contribution in [-0.2, 0) is 6.54 Å². The zero-order valence-electron chi connectivity index (χ0n) is 9.90. The van der Waals surface area contributed by atoms with E-state index in [-0.39, 0.29) is 0 Å². The molecule has 0 unspecified atom stereocenters. The van der Waals surface area contributed by atoms with Crippen molar-refractivity contribution in [2.24, 2.45) is 0 Å². The van der Waals surface area contributed by atoms with Crippen LogP contribution in [-0.4, -0.2) is 9.67 Å². The molecule has 2 aromatic carbocycles. The van der Waals surface area contributed by atoms with Crippen molar-refractivity contribution in [3.8, 4) is 5.69 Å². The monoisotopic (exact) mass is 235 g/mol. The molecule has 0 aliphatic carbocycles. The molecule has 0 bridgehead atoms. The molecule has 0 aliphatic rings. The van der Waals surface area contributed by atoms with Crippen LogP contribution < -0.4 is 4.68 Å². The Kier molecular flexibility index (Phi) is 2.88. The van der Waals surface area contributed by atoms with E-state index in [0.29, 0.717) is 0 Å². The lowest BCUT2D eigenvalue weighted by Crippen LogP contribution is -2.32. The average molecular weight is 235 g/mol. The van der Waals surface area contributed by atoms with E-state index >= 15 is 0 Å². The van der Waals surface area contributed by atoms with Crippen LogP contribution in [0.1, 0.15) is 5.56 Å². The smallest absolute Gasteiger partial charge is 0.234 e. The molecule has 0 N–H and O–H groups in total. The van der Waals surface area contributed by atoms with E-state index in [1.807, 2.05) is 53.1 Å². The van der Waals surface area contributed by atoms with Gasteiger partial charge in [0, 0.05) is 0 Å². The summed E-state index contributed by atoms with van der Waals surface area (Å²) in [5.74, 6) is 0. The molecule has 0 amide bonds. The molecule has 0 aliphatic heterocycles. The van der Waals surface area contributed by atoms with Crippen molar-refractivity contribution in [3.05, 3.63) is 78.9 Å². The maximum atomic E-state index is 4.31. The molecule has 3 aromatic rings. The second-order valence-corrected chi connectivity index (χ2v) is 4.09. The third-order valence-corrected chi connectivity index (χ3v) is 2.73. The zero-order chi connectivity index (χ0) is 12.2. The molecule has 1 heterocycles. The molecule has 88 valence electrons. The largest absolute Gasteiger partial charge is 0.319 e. The average Bonchev–Trinajstić information content (AvgIpc) is 2.89. The van der Waals surface area contributed by atoms with Crippen molar-refractivity contribution in [2.45, 2.75) is 6.54 Å². The van der Waals surface area contributed by atoms with Gasteiger partial charge in [0.15, 0.2) is 0 Å². The molecule has 3 nitrogen and oxygen atoms in total. The van der Waals surface area contributed by atoms with Gasteiger partial charge >= 0.3 is 0 Å². The Labute approximate surface area is 106 Å². The van der Waals surface area contributed by atoms with E-state index in [9.17, 15) is 0 Å². The van der Waals surface area contributed by atoms with Crippen molar-refractivity contribution in [1.82, 2.24) is 9.67 Å². The van der Waals surface area contributed by atoms with Crippen LogP contribution in [0.15, 0.2) is 67.0 Å². The van der Waals surface area contributed by atoms with Crippen molar-refractivity contribution < 1.29 is 4.68 Å². The number of para-hydroxylation sites is 1. The van der Waals surface area contributed by atoms with Gasteiger partial charge in [0.25, 0.3) is 0 Å². The molecule has 1 aromatic heterocycles. The first-order valence-corrected chi connectivity index (χ1v) is 5.88. The van der Waals surface area contributed by atoms with E-state index < -0.39 is 0 Å². The van der Waals surface area contributed by atoms with Gasteiger partial charge in [-0.05, 0) is 5.56 Å². The highest BCUT2D eigenvalue weighted by atomic mass is 15.3. The van der Waals surface area contributed by atoms with Crippen LogP contribution >= 0.6 is 0 Å². The van der Waals surface area contributed by atoms with Crippen LogP contribution in [0.3, 0.4) is 0 Å². The molecular formula is C15H13N3. The fourth-order valence-corrected chi connectivity index (χ4v) is 1.84. The fourth-order valence-electron chi connectivity index (χ4n) is 1.84. The molecule has 0 saturated heterocycles. The topological polar surface area (TPSA) is 21.7 Å². The fraction of sp³-hybridized carbons (Fsp3) is 0.0667. The number of nitrogens with zero attached hydrogens (tertiary/aromatic N) is 3. The summed E-state index contributed by atoms with van der Waals surface area (Å²) in [6.07, 6.45) is 4.99. The van der Waals surface area contributed by atoms with Crippen molar-refractivity contribution >= 4 is 0 Å². The van der Waals surface area contributed by atoms with Crippen LogP contribution in [0, 0.1) is 6.33 Å². The molecule has 3 heteroatoms. The summed E-state index contributed by atoms with van der Waals surface area (Å²) >= 11 is 0. The maximum Gasteiger partial charge on any atom is 0.234 e. The predicted molar refractivity (Wildman–Crippen MR) is 68.1 cm³/mol. The minimum Gasteiger partial charge on any atom is -0.319 e. The third-order valence-electron chi connectivity index (χ3n) is 2.73. The standard InChI is InChI=1S/C15H13N3/c1-3-7-14(8-4-1)11-17-12-16-18(13-17)15-9-5-2-6-10-15/h1-10,12H,11H2. The number of aromatic nitrogens is 3. The minimum atomic E-state index is 0.785. The summed E-state index contributed by atoms with van der Waals surface area (Å²) in [4.78, 5) is 0. The molecule has 0 radical (unpaired) electrons. The Hall–Kier alpha value is -2.42. The van der Waals surface area contributed by atoms with E-state index in [2.05, 4.69) is 23.6 Å². The Morgan fingerprint density at radius 3 is 2.33 bits per heavy atom. The lowest BCUT2D eigenvalue weighted by atomic mass is 10.2. The molecule has 18 heavy (non-hydrogen) atoms. The van der Waals surface area contributed by atoms with E-state index in [0.717, 1.165) is 12.2 Å². The predicted octanol–water partition coefficient (Wildman–Crippen LogP) is 2.01. The molecule has 0 atom stereocenters. The first-order chi connectivity index (χ1) is 8.92. The van der Waals surface area contributed by atoms with Gasteiger partial charge in [-0.3, -0.25) is 0 Å². The summed E-state index contributed by atoms with van der Waals surface area (Å²) in [5, 5.41) is 4.31. The zero-order valence-corrected chi connectivity index (χ0v) is 9.90. The number of hydrogen-bond donors (Lipinski definition) is 0. The van der Waals surface area contributed by atoms with Crippen LogP contribution in [0.25, 0.3) is 5.69 Å². The SMILES string of the molecule is [c-]1n(Cc2ccccc2)cn[n+]1-c1ccccc1. The van der Waals surface area contributed by atoms with Crippen LogP contribution in [0.5, 0.6) is 0 Å². The van der Waals surface area contributed by atoms with Gasteiger partial charge in [0.05, 0.1) is 12.2 Å². The molecule has 0 fully saturated rings. The normalized spacial score (nSPS) is 10.4. The van der Waals surface area contributed by atoms with Gasteiger partial charge < -0.3 is 4.57 Å². The van der Waals surface area contributed by atoms with Gasteiger partial charge in [0.1, 0.15) is 6.33 Å². The van der Waals surface area contributed by atoms with Gasteiger partial charge in [-0.1, -0.05) is 60.7 Å². The lowest BCUT2D eigenvalue weighted by molar-refractivity contribution is -0.661. The van der Waals surface area contributed by atoms with Crippen LogP contribution in [0.2, 0.25) is 0 Å². The summed E-state index contributed by atoms with van der Waals surface area (Å²) in [7, 11) is 0. The molecule has 0 spiro atoms. The summed E-state index contributed by atoms with van der Waals surface area (Å²) in [6.45, 7) is 0.785. The summed E-state index contributed by atoms with van der Waals surface area (Å²) < 4.78 is 3.70. The van der Waals surface area contributed by atoms with E-state index in [1.165, 1.54) is 5.56 Å². The van der Waals surface area contributed by atoms with Crippen molar-refractivity contribution in [1.29, 1.82) is 0 Å². The van der Waals surface area contributed by atoms with Gasteiger partial charge in [-0.2, -0.15) is 0 Å².